The molecule has 1 aromatic carbocycles. The molecule has 1 aliphatic rings. The highest BCUT2D eigenvalue weighted by Gasteiger charge is 2.26. The van der Waals surface area contributed by atoms with Crippen molar-refractivity contribution in [2.24, 2.45) is 0 Å². The molecule has 1 amide bonds. The summed E-state index contributed by atoms with van der Waals surface area (Å²) < 4.78 is 32.6. The lowest BCUT2D eigenvalue weighted by atomic mass is 10.1. The SMILES string of the molecule is C[C@H]1Cc2cc(S(=O)(=O)NC(=O)CCCc3ccccn3)cc(Cl)c2O1. The third-order valence-corrected chi connectivity index (χ3v) is 5.68. The van der Waals surface area contributed by atoms with Gasteiger partial charge in [0.2, 0.25) is 5.91 Å². The fourth-order valence-corrected chi connectivity index (χ4v) is 4.29. The van der Waals surface area contributed by atoms with Crippen LogP contribution in [0.2, 0.25) is 5.02 Å². The zero-order valence-corrected chi connectivity index (χ0v) is 15.8. The van der Waals surface area contributed by atoms with Crippen molar-refractivity contribution in [3.05, 3.63) is 52.8 Å². The van der Waals surface area contributed by atoms with E-state index in [1.807, 2.05) is 25.1 Å². The zero-order chi connectivity index (χ0) is 18.7. The molecule has 0 saturated heterocycles. The Morgan fingerprint density at radius 3 is 2.92 bits per heavy atom. The minimum absolute atomic E-state index is 0.0305. The van der Waals surface area contributed by atoms with Gasteiger partial charge in [-0.1, -0.05) is 17.7 Å². The van der Waals surface area contributed by atoms with Gasteiger partial charge in [0.15, 0.2) is 0 Å². The molecule has 0 saturated carbocycles. The summed E-state index contributed by atoms with van der Waals surface area (Å²) in [4.78, 5) is 16.2. The van der Waals surface area contributed by atoms with Crippen molar-refractivity contribution in [2.45, 2.75) is 43.6 Å². The van der Waals surface area contributed by atoms with Gasteiger partial charge in [-0.05, 0) is 44.0 Å². The molecule has 8 heteroatoms. The van der Waals surface area contributed by atoms with Crippen molar-refractivity contribution in [3.8, 4) is 5.75 Å². The van der Waals surface area contributed by atoms with E-state index in [-0.39, 0.29) is 22.4 Å². The lowest BCUT2D eigenvalue weighted by molar-refractivity contribution is -0.119. The lowest BCUT2D eigenvalue weighted by Crippen LogP contribution is -2.30. The summed E-state index contributed by atoms with van der Waals surface area (Å²) in [6, 6.07) is 8.37. The number of halogens is 1. The van der Waals surface area contributed by atoms with Crippen LogP contribution in [0, 0.1) is 0 Å². The van der Waals surface area contributed by atoms with E-state index in [9.17, 15) is 13.2 Å². The van der Waals surface area contributed by atoms with E-state index >= 15 is 0 Å². The Balaban J connectivity index is 1.63. The molecule has 1 atom stereocenters. The fraction of sp³-hybridized carbons (Fsp3) is 0.333. The maximum absolute atomic E-state index is 12.5. The molecule has 1 aliphatic heterocycles. The highest BCUT2D eigenvalue weighted by atomic mass is 35.5. The quantitative estimate of drug-likeness (QED) is 0.814. The third kappa shape index (κ3) is 4.34. The third-order valence-electron chi connectivity index (χ3n) is 4.04. The highest BCUT2D eigenvalue weighted by Crippen LogP contribution is 2.37. The summed E-state index contributed by atoms with van der Waals surface area (Å²) in [5, 5.41) is 0.231. The summed E-state index contributed by atoms with van der Waals surface area (Å²) in [5.74, 6) is -0.0398. The molecule has 1 N–H and O–H groups in total. The van der Waals surface area contributed by atoms with E-state index in [4.69, 9.17) is 16.3 Å². The first-order valence-corrected chi connectivity index (χ1v) is 10.2. The standard InChI is InChI=1S/C18H19ClN2O4S/c1-12-9-13-10-15(11-16(19)18(13)25-12)26(23,24)21-17(22)7-4-6-14-5-2-3-8-20-14/h2-3,5,8,10-12H,4,6-7,9H2,1H3,(H,21,22)/t12-/m0/s1. The van der Waals surface area contributed by atoms with Gasteiger partial charge in [-0.15, -0.1) is 0 Å². The van der Waals surface area contributed by atoms with Crippen LogP contribution in [0.25, 0.3) is 0 Å². The van der Waals surface area contributed by atoms with Crippen molar-refractivity contribution in [3.63, 3.8) is 0 Å². The molecule has 6 nitrogen and oxygen atoms in total. The minimum atomic E-state index is -3.97. The number of benzene rings is 1. The molecule has 0 unspecified atom stereocenters. The van der Waals surface area contributed by atoms with Crippen molar-refractivity contribution in [2.75, 3.05) is 0 Å². The Hall–Kier alpha value is -2.12. The van der Waals surface area contributed by atoms with Crippen molar-refractivity contribution >= 4 is 27.5 Å². The number of pyridine rings is 1. The topological polar surface area (TPSA) is 85.4 Å². The van der Waals surface area contributed by atoms with Gasteiger partial charge in [0.25, 0.3) is 10.0 Å². The number of ether oxygens (including phenoxy) is 1. The molecular formula is C18H19ClN2O4S. The van der Waals surface area contributed by atoms with Crippen molar-refractivity contribution < 1.29 is 17.9 Å². The number of rotatable bonds is 6. The van der Waals surface area contributed by atoms with Crippen molar-refractivity contribution in [1.82, 2.24) is 9.71 Å². The number of hydrogen-bond donors (Lipinski definition) is 1. The summed E-state index contributed by atoms with van der Waals surface area (Å²) in [6.45, 7) is 1.88. The fourth-order valence-electron chi connectivity index (χ4n) is 2.85. The summed E-state index contributed by atoms with van der Waals surface area (Å²) in [5.41, 5.74) is 1.59. The van der Waals surface area contributed by atoms with E-state index in [0.717, 1.165) is 11.3 Å². The Morgan fingerprint density at radius 1 is 1.38 bits per heavy atom. The molecular weight excluding hydrogens is 376 g/mol. The molecule has 0 radical (unpaired) electrons. The predicted molar refractivity (Wildman–Crippen MR) is 97.7 cm³/mol. The Labute approximate surface area is 157 Å². The van der Waals surface area contributed by atoms with E-state index < -0.39 is 15.9 Å². The largest absolute Gasteiger partial charge is 0.489 e. The Morgan fingerprint density at radius 2 is 2.19 bits per heavy atom. The van der Waals surface area contributed by atoms with Crippen LogP contribution in [0.5, 0.6) is 5.75 Å². The number of carbonyl (C=O) groups excluding carboxylic acids is 1. The molecule has 0 aliphatic carbocycles. The van der Waals surface area contributed by atoms with Crippen LogP contribution < -0.4 is 9.46 Å². The number of nitrogens with zero attached hydrogens (tertiary/aromatic N) is 1. The van der Waals surface area contributed by atoms with Crippen LogP contribution in [0.3, 0.4) is 0 Å². The van der Waals surface area contributed by atoms with Gasteiger partial charge in [-0.3, -0.25) is 9.78 Å². The van der Waals surface area contributed by atoms with Gasteiger partial charge in [0.1, 0.15) is 11.9 Å². The van der Waals surface area contributed by atoms with E-state index in [2.05, 4.69) is 9.71 Å². The molecule has 2 aromatic rings. The number of carbonyl (C=O) groups is 1. The second-order valence-electron chi connectivity index (χ2n) is 6.23. The van der Waals surface area contributed by atoms with Gasteiger partial charge >= 0.3 is 0 Å². The average Bonchev–Trinajstić information content (AvgIpc) is 2.96. The lowest BCUT2D eigenvalue weighted by Gasteiger charge is -2.09. The maximum Gasteiger partial charge on any atom is 0.264 e. The Bertz CT molecular complexity index is 916. The first kappa shape index (κ1) is 18.7. The zero-order valence-electron chi connectivity index (χ0n) is 14.2. The molecule has 1 aromatic heterocycles. The number of aromatic nitrogens is 1. The first-order chi connectivity index (χ1) is 12.3. The predicted octanol–water partition coefficient (Wildman–Crippen LogP) is 2.89. The van der Waals surface area contributed by atoms with E-state index in [0.29, 0.717) is 25.0 Å². The molecule has 26 heavy (non-hydrogen) atoms. The molecule has 0 bridgehead atoms. The first-order valence-electron chi connectivity index (χ1n) is 8.30. The minimum Gasteiger partial charge on any atom is -0.489 e. The van der Waals surface area contributed by atoms with Gasteiger partial charge in [0, 0.05) is 30.3 Å². The van der Waals surface area contributed by atoms with Gasteiger partial charge in [0.05, 0.1) is 9.92 Å². The number of aryl methyl sites for hydroxylation is 1. The number of hydrogen-bond acceptors (Lipinski definition) is 5. The van der Waals surface area contributed by atoms with Gasteiger partial charge < -0.3 is 4.74 Å². The number of fused-ring (bicyclic) bond motifs is 1. The molecule has 2 heterocycles. The van der Waals surface area contributed by atoms with Crippen LogP contribution in [0.15, 0.2) is 41.4 Å². The number of nitrogens with one attached hydrogen (secondary N) is 1. The van der Waals surface area contributed by atoms with Gasteiger partial charge in [-0.2, -0.15) is 0 Å². The smallest absolute Gasteiger partial charge is 0.264 e. The summed E-state index contributed by atoms with van der Waals surface area (Å²) in [7, 11) is -3.97. The maximum atomic E-state index is 12.5. The van der Waals surface area contributed by atoms with E-state index in [1.165, 1.54) is 12.1 Å². The summed E-state index contributed by atoms with van der Waals surface area (Å²) >= 11 is 6.13. The van der Waals surface area contributed by atoms with Crippen LogP contribution in [-0.4, -0.2) is 25.4 Å². The molecule has 3 rings (SSSR count). The molecule has 0 fully saturated rings. The highest BCUT2D eigenvalue weighted by molar-refractivity contribution is 7.90. The average molecular weight is 395 g/mol. The van der Waals surface area contributed by atoms with E-state index in [1.54, 1.807) is 6.20 Å². The molecule has 138 valence electrons. The second-order valence-corrected chi connectivity index (χ2v) is 8.32. The van der Waals surface area contributed by atoms with Crippen LogP contribution in [0.1, 0.15) is 31.0 Å². The van der Waals surface area contributed by atoms with Crippen LogP contribution >= 0.6 is 11.6 Å². The number of amides is 1. The monoisotopic (exact) mass is 394 g/mol. The van der Waals surface area contributed by atoms with Crippen LogP contribution in [0.4, 0.5) is 0 Å². The molecule has 0 spiro atoms. The summed E-state index contributed by atoms with van der Waals surface area (Å²) in [6.07, 6.45) is 3.41. The Kier molecular flexibility index (Phi) is 5.48. The second kappa shape index (κ2) is 7.63. The van der Waals surface area contributed by atoms with Crippen LogP contribution in [-0.2, 0) is 27.7 Å². The van der Waals surface area contributed by atoms with Gasteiger partial charge in [-0.25, -0.2) is 13.1 Å². The number of sulfonamides is 1. The van der Waals surface area contributed by atoms with Crippen molar-refractivity contribution in [1.29, 1.82) is 0 Å². The normalized spacial score (nSPS) is 16.0.